The lowest BCUT2D eigenvalue weighted by Crippen LogP contribution is -2.43. The van der Waals surface area contributed by atoms with Crippen LogP contribution in [0.5, 0.6) is 5.75 Å². The van der Waals surface area contributed by atoms with Crippen molar-refractivity contribution in [3.8, 4) is 5.75 Å². The summed E-state index contributed by atoms with van der Waals surface area (Å²) >= 11 is 12.3. The maximum atomic E-state index is 13.2. The first-order chi connectivity index (χ1) is 18.2. The molecule has 2 heterocycles. The standard InChI is InChI=1S/C25H27Cl2N5O5S/c1-37-18-7-5-16(6-8-18)11-14-38(35,36)32-15-21(30-24(33)22-19(26)3-2-4-20(22)27)23(31-32)25(34)29-17-9-12-28-13-10-17/h2-8,15,17,28H,9-14H2,1H3,(H,29,34)(H,30,33). The van der Waals surface area contributed by atoms with E-state index in [1.165, 1.54) is 12.1 Å². The summed E-state index contributed by atoms with van der Waals surface area (Å²) in [6.45, 7) is 1.49. The highest BCUT2D eigenvalue weighted by molar-refractivity contribution is 7.89. The third-order valence-electron chi connectivity index (χ3n) is 6.11. The molecule has 2 aromatic carbocycles. The molecule has 2 amide bonds. The fraction of sp³-hybridized carbons (Fsp3) is 0.320. The molecule has 3 N–H and O–H groups in total. The molecule has 202 valence electrons. The number of anilines is 1. The third-order valence-corrected chi connectivity index (χ3v) is 8.22. The summed E-state index contributed by atoms with van der Waals surface area (Å²) in [5.74, 6) is -0.916. The van der Waals surface area contributed by atoms with E-state index in [9.17, 15) is 18.0 Å². The lowest BCUT2D eigenvalue weighted by Gasteiger charge is -2.23. The van der Waals surface area contributed by atoms with Gasteiger partial charge in [-0.2, -0.15) is 9.19 Å². The average molecular weight is 580 g/mol. The van der Waals surface area contributed by atoms with Gasteiger partial charge in [0.15, 0.2) is 5.69 Å². The number of hydrogen-bond donors (Lipinski definition) is 3. The minimum Gasteiger partial charge on any atom is -0.497 e. The van der Waals surface area contributed by atoms with Crippen molar-refractivity contribution >= 4 is 50.7 Å². The van der Waals surface area contributed by atoms with Crippen molar-refractivity contribution in [1.82, 2.24) is 19.8 Å². The smallest absolute Gasteiger partial charge is 0.274 e. The topological polar surface area (TPSA) is 131 Å². The first-order valence-electron chi connectivity index (χ1n) is 11.9. The summed E-state index contributed by atoms with van der Waals surface area (Å²) in [5, 5.41) is 12.9. The molecule has 38 heavy (non-hydrogen) atoms. The van der Waals surface area contributed by atoms with Crippen LogP contribution < -0.4 is 20.7 Å². The molecular weight excluding hydrogens is 553 g/mol. The van der Waals surface area contributed by atoms with Gasteiger partial charge in [-0.25, -0.2) is 8.42 Å². The van der Waals surface area contributed by atoms with E-state index in [1.807, 2.05) is 0 Å². The van der Waals surface area contributed by atoms with Crippen molar-refractivity contribution in [2.24, 2.45) is 0 Å². The highest BCUT2D eigenvalue weighted by atomic mass is 35.5. The number of piperidine rings is 1. The number of benzene rings is 2. The zero-order valence-electron chi connectivity index (χ0n) is 20.5. The summed E-state index contributed by atoms with van der Waals surface area (Å²) in [6, 6.07) is 11.5. The molecule has 0 saturated carbocycles. The number of nitrogens with one attached hydrogen (secondary N) is 3. The van der Waals surface area contributed by atoms with E-state index >= 15 is 0 Å². The van der Waals surface area contributed by atoms with E-state index in [1.54, 1.807) is 37.4 Å². The normalized spacial score (nSPS) is 14.2. The first-order valence-corrected chi connectivity index (χ1v) is 14.3. The summed E-state index contributed by atoms with van der Waals surface area (Å²) in [6.07, 6.45) is 2.75. The number of ether oxygens (including phenoxy) is 1. The first kappa shape index (κ1) is 27.9. The van der Waals surface area contributed by atoms with Crippen LogP contribution in [0.1, 0.15) is 39.3 Å². The Labute approximate surface area is 230 Å². The molecule has 0 unspecified atom stereocenters. The Bertz CT molecular complexity index is 1400. The van der Waals surface area contributed by atoms with Crippen LogP contribution in [-0.4, -0.2) is 61.4 Å². The van der Waals surface area contributed by atoms with E-state index in [-0.39, 0.29) is 45.2 Å². The monoisotopic (exact) mass is 579 g/mol. The van der Waals surface area contributed by atoms with Crippen molar-refractivity contribution in [3.63, 3.8) is 0 Å². The van der Waals surface area contributed by atoms with E-state index < -0.39 is 21.8 Å². The number of hydrogen-bond acceptors (Lipinski definition) is 7. The molecule has 1 saturated heterocycles. The lowest BCUT2D eigenvalue weighted by molar-refractivity contribution is 0.0925. The SMILES string of the molecule is COc1ccc(CCS(=O)(=O)n2cc(NC(=O)c3c(Cl)cccc3Cl)c(C(=O)NC3CCNCC3)n2)cc1. The molecule has 0 bridgehead atoms. The molecule has 1 aliphatic heterocycles. The summed E-state index contributed by atoms with van der Waals surface area (Å²) in [4.78, 5) is 26.2. The van der Waals surface area contributed by atoms with Gasteiger partial charge in [-0.05, 0) is 62.2 Å². The number of aromatic nitrogens is 2. The number of aryl methyl sites for hydroxylation is 1. The molecule has 1 aromatic heterocycles. The number of halogens is 2. The van der Waals surface area contributed by atoms with Gasteiger partial charge in [0, 0.05) is 6.04 Å². The van der Waals surface area contributed by atoms with Crippen molar-refractivity contribution in [2.75, 3.05) is 31.3 Å². The molecule has 1 fully saturated rings. The van der Waals surface area contributed by atoms with Gasteiger partial charge >= 0.3 is 0 Å². The Morgan fingerprint density at radius 2 is 1.74 bits per heavy atom. The van der Waals surface area contributed by atoms with Crippen LogP contribution in [0.2, 0.25) is 10.0 Å². The van der Waals surface area contributed by atoms with Crippen LogP contribution in [-0.2, 0) is 16.4 Å². The summed E-state index contributed by atoms with van der Waals surface area (Å²) in [5.41, 5.74) is 0.474. The molecule has 0 aliphatic carbocycles. The maximum Gasteiger partial charge on any atom is 0.274 e. The highest BCUT2D eigenvalue weighted by Gasteiger charge is 2.27. The largest absolute Gasteiger partial charge is 0.497 e. The van der Waals surface area contributed by atoms with Crippen molar-refractivity contribution in [3.05, 3.63) is 75.5 Å². The van der Waals surface area contributed by atoms with Gasteiger partial charge in [-0.15, -0.1) is 0 Å². The molecule has 0 radical (unpaired) electrons. The second-order valence-corrected chi connectivity index (χ2v) is 11.5. The van der Waals surface area contributed by atoms with Gasteiger partial charge in [0.2, 0.25) is 0 Å². The molecule has 0 spiro atoms. The summed E-state index contributed by atoms with van der Waals surface area (Å²) in [7, 11) is -2.43. The van der Waals surface area contributed by atoms with Gasteiger partial charge < -0.3 is 20.7 Å². The molecule has 0 atom stereocenters. The van der Waals surface area contributed by atoms with Crippen LogP contribution in [0.3, 0.4) is 0 Å². The fourth-order valence-electron chi connectivity index (χ4n) is 4.01. The van der Waals surface area contributed by atoms with Gasteiger partial charge in [0.05, 0.1) is 40.4 Å². The van der Waals surface area contributed by atoms with Crippen LogP contribution in [0.25, 0.3) is 0 Å². The molecule has 1 aliphatic rings. The Kier molecular flexibility index (Phi) is 8.93. The van der Waals surface area contributed by atoms with Crippen LogP contribution in [0.4, 0.5) is 5.69 Å². The number of amides is 2. The van der Waals surface area contributed by atoms with Gasteiger partial charge in [0.25, 0.3) is 21.8 Å². The summed E-state index contributed by atoms with van der Waals surface area (Å²) < 4.78 is 32.2. The van der Waals surface area contributed by atoms with Crippen LogP contribution in [0, 0.1) is 0 Å². The van der Waals surface area contributed by atoms with Crippen molar-refractivity contribution in [2.45, 2.75) is 25.3 Å². The second-order valence-electron chi connectivity index (χ2n) is 8.73. The van der Waals surface area contributed by atoms with Gasteiger partial charge in [0.1, 0.15) is 5.75 Å². The average Bonchev–Trinajstić information content (AvgIpc) is 3.33. The Hall–Kier alpha value is -3.12. The van der Waals surface area contributed by atoms with Crippen molar-refractivity contribution < 1.29 is 22.7 Å². The maximum absolute atomic E-state index is 13.2. The van der Waals surface area contributed by atoms with E-state index in [0.29, 0.717) is 18.6 Å². The fourth-order valence-corrected chi connectivity index (χ4v) is 5.73. The van der Waals surface area contributed by atoms with E-state index in [0.717, 1.165) is 28.9 Å². The quantitative estimate of drug-likeness (QED) is 0.354. The van der Waals surface area contributed by atoms with E-state index in [4.69, 9.17) is 27.9 Å². The lowest BCUT2D eigenvalue weighted by atomic mass is 10.1. The second kappa shape index (κ2) is 12.2. The number of methoxy groups -OCH3 is 1. The number of carbonyl (C=O) groups is 2. The number of nitrogens with zero attached hydrogens (tertiary/aromatic N) is 2. The zero-order chi connectivity index (χ0) is 27.3. The molecule has 10 nitrogen and oxygen atoms in total. The zero-order valence-corrected chi connectivity index (χ0v) is 22.9. The Balaban J connectivity index is 1.60. The van der Waals surface area contributed by atoms with Gasteiger partial charge in [-0.3, -0.25) is 9.59 Å². The number of rotatable bonds is 9. The molecular formula is C25H27Cl2N5O5S. The highest BCUT2D eigenvalue weighted by Crippen LogP contribution is 2.26. The molecule has 3 aromatic rings. The van der Waals surface area contributed by atoms with Crippen LogP contribution >= 0.6 is 23.2 Å². The minimum absolute atomic E-state index is 0.00402. The van der Waals surface area contributed by atoms with Gasteiger partial charge in [-0.1, -0.05) is 41.4 Å². The molecule has 13 heteroatoms. The number of carbonyl (C=O) groups excluding carboxylic acids is 2. The Morgan fingerprint density at radius 3 is 2.37 bits per heavy atom. The van der Waals surface area contributed by atoms with Crippen LogP contribution in [0.15, 0.2) is 48.7 Å². The predicted molar refractivity (Wildman–Crippen MR) is 146 cm³/mol. The minimum atomic E-state index is -3.98. The van der Waals surface area contributed by atoms with Crippen molar-refractivity contribution in [1.29, 1.82) is 0 Å². The molecule has 4 rings (SSSR count). The Morgan fingerprint density at radius 1 is 1.08 bits per heavy atom. The van der Waals surface area contributed by atoms with E-state index in [2.05, 4.69) is 21.0 Å². The third kappa shape index (κ3) is 6.65. The predicted octanol–water partition coefficient (Wildman–Crippen LogP) is 3.35.